The summed E-state index contributed by atoms with van der Waals surface area (Å²) in [6, 6.07) is 18.7. The van der Waals surface area contributed by atoms with Crippen LogP contribution in [0.2, 0.25) is 0 Å². The number of terminal acetylenes is 1. The number of ketones is 1. The lowest BCUT2D eigenvalue weighted by molar-refractivity contribution is -0.112. The van der Waals surface area contributed by atoms with E-state index in [-0.39, 0.29) is 5.78 Å². The first kappa shape index (κ1) is 89.7. The second kappa shape index (κ2) is 83.2. The fourth-order valence-electron chi connectivity index (χ4n) is 3.94. The number of carbonyl (C=O) groups excluding carboxylic acids is 1. The minimum absolute atomic E-state index is 0.0185. The van der Waals surface area contributed by atoms with Crippen LogP contribution in [0, 0.1) is 30.1 Å². The van der Waals surface area contributed by atoms with E-state index in [2.05, 4.69) is 146 Å². The molecule has 3 heterocycles. The van der Waals surface area contributed by atoms with Crippen molar-refractivity contribution in [1.29, 1.82) is 0 Å². The van der Waals surface area contributed by atoms with Gasteiger partial charge in [-0.15, -0.1) is 58.4 Å². The summed E-state index contributed by atoms with van der Waals surface area (Å²) in [5, 5.41) is 0. The number of nitrogens with zero attached hydrogens (tertiary/aromatic N) is 1. The van der Waals surface area contributed by atoms with Gasteiger partial charge in [-0.3, -0.25) is 9.69 Å². The van der Waals surface area contributed by atoms with Crippen LogP contribution in [-0.4, -0.2) is 76.6 Å². The predicted molar refractivity (Wildman–Crippen MR) is 348 cm³/mol. The normalized spacial score (nSPS) is 13.0. The molecule has 2 atom stereocenters. The summed E-state index contributed by atoms with van der Waals surface area (Å²) in [6.07, 6.45) is 35.0. The second-order valence-corrected chi connectivity index (χ2v) is 16.1. The number of epoxide rings is 1. The molecule has 0 N–H and O–H groups in total. The third kappa shape index (κ3) is 97.5. The summed E-state index contributed by atoms with van der Waals surface area (Å²) in [5.74, 6) is 4.30. The quantitative estimate of drug-likeness (QED) is 0.0469. The first-order valence-electron chi connectivity index (χ1n) is 26.8. The molecule has 432 valence electrons. The van der Waals surface area contributed by atoms with Crippen molar-refractivity contribution >= 4 is 11.9 Å². The minimum Gasteiger partial charge on any atom is -0.505 e. The molecule has 3 fully saturated rings. The van der Waals surface area contributed by atoms with Crippen LogP contribution in [0.25, 0.3) is 6.08 Å². The molecule has 0 radical (unpaired) electrons. The number of rotatable bonds is 14. The van der Waals surface area contributed by atoms with Crippen molar-refractivity contribution in [3.63, 3.8) is 0 Å². The molecular weight excluding hydrogens is 935 g/mol. The maximum absolute atomic E-state index is 9.69. The highest BCUT2D eigenvalue weighted by atomic mass is 16.6. The topological polar surface area (TPSA) is 60.5 Å². The average molecular weight is 1050 g/mol. The lowest BCUT2D eigenvalue weighted by Crippen LogP contribution is -2.23. The summed E-state index contributed by atoms with van der Waals surface area (Å²) in [5.41, 5.74) is 4.27. The third-order valence-electron chi connectivity index (χ3n) is 8.59. The Balaban J connectivity index is -0.0000000919. The Morgan fingerprint density at radius 1 is 0.737 bits per heavy atom. The van der Waals surface area contributed by atoms with Crippen molar-refractivity contribution in [2.24, 2.45) is 17.8 Å². The van der Waals surface area contributed by atoms with Gasteiger partial charge in [0.2, 0.25) is 0 Å². The Bertz CT molecular complexity index is 1570. The molecule has 4 aliphatic rings. The van der Waals surface area contributed by atoms with Crippen LogP contribution in [-0.2, 0) is 36.6 Å². The molecular formula is C70H117NO5. The van der Waals surface area contributed by atoms with Gasteiger partial charge in [-0.2, -0.15) is 0 Å². The van der Waals surface area contributed by atoms with E-state index in [9.17, 15) is 4.79 Å². The predicted octanol–water partition coefficient (Wildman–Crippen LogP) is 19.2. The first-order chi connectivity index (χ1) is 36.4. The van der Waals surface area contributed by atoms with Crippen molar-refractivity contribution < 1.29 is 23.7 Å². The van der Waals surface area contributed by atoms with Crippen LogP contribution in [0.15, 0.2) is 200 Å². The lowest BCUT2D eigenvalue weighted by Gasteiger charge is -2.20. The van der Waals surface area contributed by atoms with E-state index in [0.29, 0.717) is 18.1 Å². The van der Waals surface area contributed by atoms with Crippen LogP contribution in [0.5, 0.6) is 0 Å². The van der Waals surface area contributed by atoms with Crippen LogP contribution in [0.3, 0.4) is 0 Å². The second-order valence-electron chi connectivity index (χ2n) is 16.1. The minimum atomic E-state index is 0.0185. The lowest BCUT2D eigenvalue weighted by atomic mass is 9.89. The molecule has 2 unspecified atom stereocenters. The highest BCUT2D eigenvalue weighted by Gasteiger charge is 2.13. The molecule has 2 aromatic rings. The summed E-state index contributed by atoms with van der Waals surface area (Å²) < 4.78 is 18.8. The van der Waals surface area contributed by atoms with Gasteiger partial charge < -0.3 is 18.9 Å². The van der Waals surface area contributed by atoms with Gasteiger partial charge in [0.05, 0.1) is 45.4 Å². The highest BCUT2D eigenvalue weighted by Crippen LogP contribution is 2.20. The Kier molecular flexibility index (Phi) is 98.2. The van der Waals surface area contributed by atoms with Gasteiger partial charge in [-0.25, -0.2) is 0 Å². The number of ether oxygens (including phenoxy) is 4. The zero-order valence-electron chi connectivity index (χ0n) is 51.7. The van der Waals surface area contributed by atoms with Gasteiger partial charge in [-0.1, -0.05) is 196 Å². The van der Waals surface area contributed by atoms with Gasteiger partial charge in [0.15, 0.2) is 5.78 Å². The van der Waals surface area contributed by atoms with E-state index in [1.54, 1.807) is 37.3 Å². The number of likely N-dealkylation sites (N-methyl/N-ethyl adjacent to an activating group) is 1. The molecule has 76 heavy (non-hydrogen) atoms. The van der Waals surface area contributed by atoms with E-state index in [1.165, 1.54) is 44.1 Å². The van der Waals surface area contributed by atoms with E-state index in [0.717, 1.165) is 64.2 Å². The fraction of sp³-hybridized carbons (Fsp3) is 0.443. The maximum Gasteiger partial charge on any atom is 0.152 e. The number of carbonyl (C=O) groups is 1. The molecule has 1 aliphatic carbocycles. The molecule has 6 nitrogen and oxygen atoms in total. The monoisotopic (exact) mass is 1050 g/mol. The van der Waals surface area contributed by atoms with Gasteiger partial charge in [0.1, 0.15) is 0 Å². The number of hydrogen-bond donors (Lipinski definition) is 0. The molecule has 0 bridgehead atoms. The Morgan fingerprint density at radius 2 is 1.08 bits per heavy atom. The summed E-state index contributed by atoms with van der Waals surface area (Å²) >= 11 is 0. The van der Waals surface area contributed by atoms with Crippen molar-refractivity contribution in [3.05, 3.63) is 217 Å². The van der Waals surface area contributed by atoms with Crippen LogP contribution < -0.4 is 0 Å². The van der Waals surface area contributed by atoms with Gasteiger partial charge in [-0.05, 0) is 115 Å². The molecule has 3 aliphatic heterocycles. The standard InChI is InChI=1S/2C8H8.C8H14.C7H13N.C6H10.C5H8.2C4H8O.C4H6O.2C3H6O.C3H6.C3H4.2C2H6/c1-2-4-8-6-5-7(8)3-1;1-2-8-6-4-3-5-7-8;2*1-4-6-8(3)7-5-2;1-4-6(3)5-2;1-3-5-4-2;1-4-2-5-3-4;1-4-2-3-5-4;1-3-4(2)5;1-3-2-4-3;1-3-4-2;2*1-3-2;2*1-2/h1-4H,5-6H2;2-7H,1H2;4-5,8H,1-2,6-7H2,3H3;4-5H,1-2,6-7H2,3H3;4-6H,1-2H2,3H3;3-5H,1H2,2H3;2*4H,2-3H2,1H3;3H,1H2,2H3;3H,2H2,1H3;3H,1H2,2H3;3H,1H2,2H3;1H,2H3;2*1-2H3. The van der Waals surface area contributed by atoms with Gasteiger partial charge in [0, 0.05) is 25.6 Å². The molecule has 3 saturated heterocycles. The zero-order valence-corrected chi connectivity index (χ0v) is 51.7. The SMILES string of the molecule is C#CC.C=CC.C=CC(C)=O.C=CC(C)C=C.C=CC=CC.C=CCC(C)CC=C.C=CCN(C)CC=C.C=COC.C=Cc1ccccc1.CC.CC.CC1CCO1.CC1CO1.CC1COC1.c1ccc2c(c1)CC2. The largest absolute Gasteiger partial charge is 0.505 e. The Morgan fingerprint density at radius 3 is 1.20 bits per heavy atom. The van der Waals surface area contributed by atoms with E-state index in [4.69, 9.17) is 14.2 Å². The van der Waals surface area contributed by atoms with E-state index < -0.39 is 0 Å². The molecule has 0 saturated carbocycles. The number of hydrogen-bond acceptors (Lipinski definition) is 6. The Labute approximate surface area is 473 Å². The van der Waals surface area contributed by atoms with Crippen molar-refractivity contribution in [2.75, 3.05) is 53.7 Å². The highest BCUT2D eigenvalue weighted by molar-refractivity contribution is 5.86. The fourth-order valence-corrected chi connectivity index (χ4v) is 3.94. The summed E-state index contributed by atoms with van der Waals surface area (Å²) in [4.78, 5) is 11.8. The number of fused-ring (bicyclic) bond motifs is 1. The molecule has 2 aromatic carbocycles. The number of allylic oxidation sites excluding steroid dienone is 9. The zero-order chi connectivity index (χ0) is 60.6. The number of benzene rings is 2. The maximum atomic E-state index is 9.69. The molecule has 0 amide bonds. The van der Waals surface area contributed by atoms with Crippen LogP contribution >= 0.6 is 0 Å². The van der Waals surface area contributed by atoms with Crippen LogP contribution in [0.4, 0.5) is 0 Å². The van der Waals surface area contributed by atoms with Crippen molar-refractivity contribution in [3.8, 4) is 12.3 Å². The molecule has 6 heteroatoms. The summed E-state index contributed by atoms with van der Waals surface area (Å²) in [6.45, 7) is 69.9. The number of aryl methyl sites for hydroxylation is 2. The van der Waals surface area contributed by atoms with Crippen LogP contribution in [0.1, 0.15) is 126 Å². The molecule has 0 spiro atoms. The third-order valence-corrected chi connectivity index (χ3v) is 8.59. The Hall–Kier alpha value is -5.81. The van der Waals surface area contributed by atoms with Gasteiger partial charge in [0.25, 0.3) is 0 Å². The van der Waals surface area contributed by atoms with E-state index >= 15 is 0 Å². The van der Waals surface area contributed by atoms with Gasteiger partial charge >= 0.3 is 0 Å². The summed E-state index contributed by atoms with van der Waals surface area (Å²) in [7, 11) is 3.59. The molecule has 6 rings (SSSR count). The average Bonchev–Trinajstić information content (AvgIpc) is 4.21. The molecule has 0 aromatic heterocycles. The van der Waals surface area contributed by atoms with Crippen molar-refractivity contribution in [2.45, 2.75) is 134 Å². The smallest absolute Gasteiger partial charge is 0.152 e. The van der Waals surface area contributed by atoms with E-state index in [1.807, 2.05) is 141 Å². The number of methoxy groups -OCH3 is 1. The first-order valence-corrected chi connectivity index (χ1v) is 26.8. The van der Waals surface area contributed by atoms with Crippen molar-refractivity contribution in [1.82, 2.24) is 4.90 Å².